The summed E-state index contributed by atoms with van der Waals surface area (Å²) in [4.78, 5) is 22.4. The zero-order chi connectivity index (χ0) is 19.8. The van der Waals surface area contributed by atoms with Crippen LogP contribution in [0.1, 0.15) is 31.1 Å². The molecule has 0 unspecified atom stereocenters. The molecule has 2 aromatic rings. The van der Waals surface area contributed by atoms with Gasteiger partial charge in [-0.05, 0) is 37.1 Å². The Balaban J connectivity index is 1.98. The summed E-state index contributed by atoms with van der Waals surface area (Å²) < 4.78 is 16.1. The number of ether oxygens (including phenoxy) is 3. The number of esters is 1. The molecule has 0 aliphatic rings. The van der Waals surface area contributed by atoms with Crippen molar-refractivity contribution in [3.05, 3.63) is 69.8 Å². The molecule has 0 saturated heterocycles. The highest BCUT2D eigenvalue weighted by Gasteiger charge is 2.16. The van der Waals surface area contributed by atoms with Crippen molar-refractivity contribution < 1.29 is 23.9 Å². The molecule has 0 amide bonds. The van der Waals surface area contributed by atoms with Crippen molar-refractivity contribution in [1.82, 2.24) is 0 Å². The first kappa shape index (κ1) is 20.0. The van der Waals surface area contributed by atoms with E-state index in [9.17, 15) is 14.9 Å². The van der Waals surface area contributed by atoms with Crippen molar-refractivity contribution in [3.8, 4) is 11.5 Å². The molecular formula is C20H21NO6. The van der Waals surface area contributed by atoms with E-state index in [1.807, 2.05) is 25.1 Å². The smallest absolute Gasteiger partial charge is 0.344 e. The first-order valence-corrected chi connectivity index (χ1v) is 8.32. The van der Waals surface area contributed by atoms with Gasteiger partial charge in [0.05, 0.1) is 12.0 Å². The number of non-ortho nitro benzene ring substituents is 1. The zero-order valence-corrected chi connectivity index (χ0v) is 15.4. The number of hydrogen-bond acceptors (Lipinski definition) is 6. The summed E-state index contributed by atoms with van der Waals surface area (Å²) in [7, 11) is 1.52. The van der Waals surface area contributed by atoms with E-state index in [2.05, 4.69) is 0 Å². The molecule has 0 aromatic heterocycles. The molecule has 0 heterocycles. The third-order valence-electron chi connectivity index (χ3n) is 3.75. The van der Waals surface area contributed by atoms with Gasteiger partial charge in [-0.1, -0.05) is 30.4 Å². The van der Waals surface area contributed by atoms with Gasteiger partial charge in [-0.15, -0.1) is 0 Å². The maximum Gasteiger partial charge on any atom is 0.344 e. The van der Waals surface area contributed by atoms with E-state index < -0.39 is 17.0 Å². The van der Waals surface area contributed by atoms with Crippen LogP contribution in [0, 0.1) is 10.1 Å². The number of rotatable bonds is 8. The summed E-state index contributed by atoms with van der Waals surface area (Å²) in [6.07, 6.45) is 3.18. The Kier molecular flexibility index (Phi) is 6.93. The van der Waals surface area contributed by atoms with Crippen LogP contribution in [0.15, 0.2) is 48.5 Å². The highest BCUT2D eigenvalue weighted by atomic mass is 16.6. The fourth-order valence-electron chi connectivity index (χ4n) is 2.43. The van der Waals surface area contributed by atoms with Crippen molar-refractivity contribution in [2.24, 2.45) is 0 Å². The molecule has 27 heavy (non-hydrogen) atoms. The van der Waals surface area contributed by atoms with Crippen LogP contribution in [0.4, 0.5) is 5.69 Å². The van der Waals surface area contributed by atoms with Gasteiger partial charge in [0.2, 0.25) is 0 Å². The Bertz CT molecular complexity index is 846. The molecule has 0 bridgehead atoms. The highest BCUT2D eigenvalue weighted by Crippen LogP contribution is 2.29. The van der Waals surface area contributed by atoms with E-state index in [-0.39, 0.29) is 12.3 Å². The Morgan fingerprint density at radius 2 is 2.00 bits per heavy atom. The lowest BCUT2D eigenvalue weighted by Crippen LogP contribution is -2.17. The molecule has 0 fully saturated rings. The normalized spacial score (nSPS) is 11.8. The van der Waals surface area contributed by atoms with Gasteiger partial charge in [0, 0.05) is 12.1 Å². The van der Waals surface area contributed by atoms with Gasteiger partial charge in [-0.3, -0.25) is 10.1 Å². The minimum atomic E-state index is -0.639. The summed E-state index contributed by atoms with van der Waals surface area (Å²) in [6, 6.07) is 11.3. The Morgan fingerprint density at radius 1 is 1.22 bits per heavy atom. The van der Waals surface area contributed by atoms with Crippen LogP contribution in [-0.4, -0.2) is 24.6 Å². The van der Waals surface area contributed by atoms with Crippen LogP contribution in [0.3, 0.4) is 0 Å². The number of nitrogens with zero attached hydrogens (tertiary/aromatic N) is 1. The molecule has 0 radical (unpaired) electrons. The third-order valence-corrected chi connectivity index (χ3v) is 3.75. The van der Waals surface area contributed by atoms with Gasteiger partial charge in [-0.25, -0.2) is 4.79 Å². The molecule has 2 aromatic carbocycles. The maximum atomic E-state index is 12.1. The highest BCUT2D eigenvalue weighted by molar-refractivity contribution is 5.71. The second-order valence-electron chi connectivity index (χ2n) is 5.68. The summed E-state index contributed by atoms with van der Waals surface area (Å²) >= 11 is 0. The topological polar surface area (TPSA) is 87.9 Å². The second-order valence-corrected chi connectivity index (χ2v) is 5.68. The van der Waals surface area contributed by atoms with E-state index >= 15 is 0 Å². The van der Waals surface area contributed by atoms with Crippen LogP contribution in [0.5, 0.6) is 11.5 Å². The lowest BCUT2D eigenvalue weighted by molar-refractivity contribution is -0.385. The zero-order valence-electron chi connectivity index (χ0n) is 15.4. The lowest BCUT2D eigenvalue weighted by Gasteiger charge is -2.15. The fraction of sp³-hybridized carbons (Fsp3) is 0.250. The number of benzene rings is 2. The van der Waals surface area contributed by atoms with Crippen molar-refractivity contribution >= 4 is 17.7 Å². The minimum absolute atomic E-state index is 0.0578. The number of nitro benzene ring substituents is 1. The van der Waals surface area contributed by atoms with Gasteiger partial charge in [0.1, 0.15) is 6.10 Å². The Labute approximate surface area is 157 Å². The molecule has 7 heteroatoms. The molecule has 0 spiro atoms. The first-order valence-electron chi connectivity index (χ1n) is 8.32. The molecule has 142 valence electrons. The van der Waals surface area contributed by atoms with E-state index in [0.717, 1.165) is 5.56 Å². The molecule has 7 nitrogen and oxygen atoms in total. The van der Waals surface area contributed by atoms with Gasteiger partial charge >= 0.3 is 5.97 Å². The van der Waals surface area contributed by atoms with Crippen molar-refractivity contribution in [3.63, 3.8) is 0 Å². The van der Waals surface area contributed by atoms with E-state index in [0.29, 0.717) is 17.1 Å². The molecular weight excluding hydrogens is 350 g/mol. The number of hydrogen-bond donors (Lipinski definition) is 0. The summed E-state index contributed by atoms with van der Waals surface area (Å²) in [5.41, 5.74) is 1.42. The van der Waals surface area contributed by atoms with E-state index in [1.54, 1.807) is 31.2 Å². The standard InChI is InChI=1S/C20H21NO6/c1-4-6-15-9-10-18(19(11-15)25-3)26-13-20(22)27-14(2)16-7-5-8-17(12-16)21(23)24/h4-12,14H,13H2,1-3H3/b6-4+/t14-/m0/s1. The third kappa shape index (κ3) is 5.57. The van der Waals surface area contributed by atoms with Gasteiger partial charge in [-0.2, -0.15) is 0 Å². The second kappa shape index (κ2) is 9.38. The number of carbonyl (C=O) groups is 1. The molecule has 0 N–H and O–H groups in total. The summed E-state index contributed by atoms with van der Waals surface area (Å²) in [5, 5.41) is 10.8. The van der Waals surface area contributed by atoms with Crippen LogP contribution >= 0.6 is 0 Å². The lowest BCUT2D eigenvalue weighted by atomic mass is 10.1. The van der Waals surface area contributed by atoms with Gasteiger partial charge in [0.15, 0.2) is 18.1 Å². The first-order chi connectivity index (χ1) is 12.9. The molecule has 0 saturated carbocycles. The Morgan fingerprint density at radius 3 is 2.67 bits per heavy atom. The van der Waals surface area contributed by atoms with Crippen molar-refractivity contribution in [1.29, 1.82) is 0 Å². The quantitative estimate of drug-likeness (QED) is 0.390. The Hall–Kier alpha value is -3.35. The SMILES string of the molecule is C/C=C/c1ccc(OCC(=O)O[C@@H](C)c2cccc([N+](=O)[O-])c2)c(OC)c1. The molecule has 2 rings (SSSR count). The monoisotopic (exact) mass is 371 g/mol. The van der Waals surface area contributed by atoms with Crippen molar-refractivity contribution in [2.75, 3.05) is 13.7 Å². The minimum Gasteiger partial charge on any atom is -0.493 e. The predicted molar refractivity (Wildman–Crippen MR) is 101 cm³/mol. The van der Waals surface area contributed by atoms with Crippen LogP contribution in [-0.2, 0) is 9.53 Å². The summed E-state index contributed by atoms with van der Waals surface area (Å²) in [6.45, 7) is 3.25. The maximum absolute atomic E-state index is 12.1. The van der Waals surface area contributed by atoms with Gasteiger partial charge in [0.25, 0.3) is 5.69 Å². The fourth-order valence-corrected chi connectivity index (χ4v) is 2.43. The number of carbonyl (C=O) groups excluding carboxylic acids is 1. The summed E-state index contributed by atoms with van der Waals surface area (Å²) in [5.74, 6) is 0.337. The van der Waals surface area contributed by atoms with E-state index in [4.69, 9.17) is 14.2 Å². The molecule has 1 atom stereocenters. The van der Waals surface area contributed by atoms with Gasteiger partial charge < -0.3 is 14.2 Å². The number of methoxy groups -OCH3 is 1. The van der Waals surface area contributed by atoms with Crippen LogP contribution in [0.25, 0.3) is 6.08 Å². The van der Waals surface area contributed by atoms with Crippen molar-refractivity contribution in [2.45, 2.75) is 20.0 Å². The van der Waals surface area contributed by atoms with Crippen LogP contribution < -0.4 is 9.47 Å². The van der Waals surface area contributed by atoms with Crippen LogP contribution in [0.2, 0.25) is 0 Å². The average Bonchev–Trinajstić information content (AvgIpc) is 2.67. The average molecular weight is 371 g/mol. The molecule has 0 aliphatic heterocycles. The number of allylic oxidation sites excluding steroid dienone is 1. The molecule has 0 aliphatic carbocycles. The predicted octanol–water partition coefficient (Wildman–Crippen LogP) is 4.32. The largest absolute Gasteiger partial charge is 0.493 e. The number of nitro groups is 1. The van der Waals surface area contributed by atoms with E-state index in [1.165, 1.54) is 19.2 Å².